The van der Waals surface area contributed by atoms with Gasteiger partial charge in [-0.3, -0.25) is 4.79 Å². The van der Waals surface area contributed by atoms with E-state index in [1.54, 1.807) is 0 Å². The number of carbonyl (C=O) groups excluding carboxylic acids is 1. The van der Waals surface area contributed by atoms with E-state index in [0.29, 0.717) is 6.41 Å². The lowest BCUT2D eigenvalue weighted by Gasteiger charge is -2.20. The molecule has 6 nitrogen and oxygen atoms in total. The third-order valence-electron chi connectivity index (χ3n) is 1.39. The first kappa shape index (κ1) is 11.3. The molecule has 0 heterocycles. The van der Waals surface area contributed by atoms with Crippen LogP contribution in [0.2, 0.25) is 0 Å². The van der Waals surface area contributed by atoms with Crippen LogP contribution in [-0.2, 0) is 4.79 Å². The molecule has 0 saturated carbocycles. The molecule has 0 radical (unpaired) electrons. The van der Waals surface area contributed by atoms with Crippen LogP contribution in [0.5, 0.6) is 0 Å². The van der Waals surface area contributed by atoms with Gasteiger partial charge in [-0.2, -0.15) is 0 Å². The summed E-state index contributed by atoms with van der Waals surface area (Å²) in [4.78, 5) is 9.76. The van der Waals surface area contributed by atoms with E-state index in [1.165, 1.54) is 0 Å². The van der Waals surface area contributed by atoms with Gasteiger partial charge in [-0.25, -0.2) is 0 Å². The summed E-state index contributed by atoms with van der Waals surface area (Å²) < 4.78 is 0. The number of aliphatic hydroxyl groups excluding tert-OH is 4. The molecule has 1 amide bonds. The Morgan fingerprint density at radius 1 is 1.25 bits per heavy atom. The van der Waals surface area contributed by atoms with E-state index in [0.717, 1.165) is 0 Å². The summed E-state index contributed by atoms with van der Waals surface area (Å²) in [5.74, 6) is 0. The van der Waals surface area contributed by atoms with E-state index in [2.05, 4.69) is 5.32 Å². The number of carbonyl (C=O) groups is 1. The van der Waals surface area contributed by atoms with Crippen molar-refractivity contribution in [2.75, 3.05) is 13.2 Å². The number of hydrogen-bond acceptors (Lipinski definition) is 5. The van der Waals surface area contributed by atoms with Crippen molar-refractivity contribution in [2.24, 2.45) is 0 Å². The third kappa shape index (κ3) is 3.63. The smallest absolute Gasteiger partial charge is 0.207 e. The van der Waals surface area contributed by atoms with E-state index in [-0.39, 0.29) is 6.54 Å². The fourth-order valence-corrected chi connectivity index (χ4v) is 0.654. The van der Waals surface area contributed by atoms with Crippen LogP contribution in [0.3, 0.4) is 0 Å². The Labute approximate surface area is 69.5 Å². The standard InChI is InChI=1S/C6H13NO5/c8-2-5(11)6(12)4(10)1-7-3-9/h3-6,8,10-12H,1-2H2,(H,7,9)/t4-,5-,6-/m0/s1. The molecule has 72 valence electrons. The maximum Gasteiger partial charge on any atom is 0.207 e. The molecular formula is C6H13NO5. The summed E-state index contributed by atoms with van der Waals surface area (Å²) in [6.45, 7) is -0.805. The monoisotopic (exact) mass is 179 g/mol. The molecule has 0 aromatic rings. The van der Waals surface area contributed by atoms with Crippen LogP contribution in [0.25, 0.3) is 0 Å². The molecule has 12 heavy (non-hydrogen) atoms. The minimum atomic E-state index is -1.46. The van der Waals surface area contributed by atoms with Crippen LogP contribution < -0.4 is 5.32 Å². The van der Waals surface area contributed by atoms with Gasteiger partial charge in [0.1, 0.15) is 12.2 Å². The van der Waals surface area contributed by atoms with Crippen molar-refractivity contribution in [3.63, 3.8) is 0 Å². The second-order valence-electron chi connectivity index (χ2n) is 2.33. The van der Waals surface area contributed by atoms with Crippen LogP contribution in [0, 0.1) is 0 Å². The molecule has 0 saturated heterocycles. The summed E-state index contributed by atoms with van der Waals surface area (Å²) in [6, 6.07) is 0. The molecule has 0 fully saturated rings. The van der Waals surface area contributed by atoms with Crippen molar-refractivity contribution in [3.8, 4) is 0 Å². The van der Waals surface area contributed by atoms with Crippen molar-refractivity contribution < 1.29 is 25.2 Å². The molecular weight excluding hydrogens is 166 g/mol. The van der Waals surface area contributed by atoms with Crippen LogP contribution in [0.1, 0.15) is 0 Å². The Hall–Kier alpha value is -0.690. The zero-order chi connectivity index (χ0) is 9.56. The quantitative estimate of drug-likeness (QED) is 0.276. The van der Waals surface area contributed by atoms with Gasteiger partial charge in [0, 0.05) is 6.54 Å². The predicted molar refractivity (Wildman–Crippen MR) is 39.2 cm³/mol. The number of nitrogens with one attached hydrogen (secondary N) is 1. The van der Waals surface area contributed by atoms with Gasteiger partial charge in [-0.05, 0) is 0 Å². The second kappa shape index (κ2) is 5.90. The summed E-state index contributed by atoms with van der Waals surface area (Å²) >= 11 is 0. The molecule has 0 aromatic heterocycles. The lowest BCUT2D eigenvalue weighted by atomic mass is 10.1. The Morgan fingerprint density at radius 2 is 1.83 bits per heavy atom. The van der Waals surface area contributed by atoms with Gasteiger partial charge in [-0.1, -0.05) is 0 Å². The highest BCUT2D eigenvalue weighted by Gasteiger charge is 2.23. The molecule has 0 spiro atoms. The zero-order valence-corrected chi connectivity index (χ0v) is 6.42. The van der Waals surface area contributed by atoms with E-state index < -0.39 is 24.9 Å². The maximum absolute atomic E-state index is 9.76. The number of hydrogen-bond donors (Lipinski definition) is 5. The van der Waals surface area contributed by atoms with Crippen molar-refractivity contribution in [1.82, 2.24) is 5.32 Å². The van der Waals surface area contributed by atoms with Crippen molar-refractivity contribution in [3.05, 3.63) is 0 Å². The molecule has 0 aliphatic heterocycles. The molecule has 0 aliphatic carbocycles. The molecule has 5 N–H and O–H groups in total. The molecule has 6 heteroatoms. The number of amides is 1. The highest BCUT2D eigenvalue weighted by molar-refractivity contribution is 5.45. The first-order valence-corrected chi connectivity index (χ1v) is 3.45. The van der Waals surface area contributed by atoms with Gasteiger partial charge in [0.15, 0.2) is 0 Å². The predicted octanol–water partition coefficient (Wildman–Crippen LogP) is -3.19. The van der Waals surface area contributed by atoms with Crippen molar-refractivity contribution in [1.29, 1.82) is 0 Å². The van der Waals surface area contributed by atoms with Crippen LogP contribution >= 0.6 is 0 Å². The Bertz CT molecular complexity index is 131. The van der Waals surface area contributed by atoms with Gasteiger partial charge < -0.3 is 25.7 Å². The van der Waals surface area contributed by atoms with Crippen LogP contribution in [0.4, 0.5) is 0 Å². The van der Waals surface area contributed by atoms with E-state index >= 15 is 0 Å². The molecule has 0 bridgehead atoms. The Kier molecular flexibility index (Phi) is 5.56. The average Bonchev–Trinajstić information content (AvgIpc) is 2.11. The Morgan fingerprint density at radius 3 is 2.25 bits per heavy atom. The normalized spacial score (nSPS) is 18.0. The molecule has 0 rings (SSSR count). The summed E-state index contributed by atoms with van der Waals surface area (Å²) in [5, 5.41) is 37.3. The van der Waals surface area contributed by atoms with Gasteiger partial charge in [0.25, 0.3) is 0 Å². The van der Waals surface area contributed by atoms with Gasteiger partial charge >= 0.3 is 0 Å². The topological polar surface area (TPSA) is 110 Å². The van der Waals surface area contributed by atoms with E-state index in [4.69, 9.17) is 20.4 Å². The molecule has 3 atom stereocenters. The highest BCUT2D eigenvalue weighted by atomic mass is 16.4. The lowest BCUT2D eigenvalue weighted by molar-refractivity contribution is -0.111. The third-order valence-corrected chi connectivity index (χ3v) is 1.39. The average molecular weight is 179 g/mol. The molecule has 0 aliphatic rings. The van der Waals surface area contributed by atoms with Gasteiger partial charge in [0.2, 0.25) is 6.41 Å². The van der Waals surface area contributed by atoms with Crippen molar-refractivity contribution >= 4 is 6.41 Å². The van der Waals surface area contributed by atoms with E-state index in [9.17, 15) is 4.79 Å². The second-order valence-corrected chi connectivity index (χ2v) is 2.33. The molecule has 0 unspecified atom stereocenters. The number of aliphatic hydroxyl groups is 4. The largest absolute Gasteiger partial charge is 0.394 e. The summed E-state index contributed by atoms with van der Waals surface area (Å²) in [7, 11) is 0. The lowest BCUT2D eigenvalue weighted by Crippen LogP contribution is -2.44. The number of rotatable bonds is 6. The zero-order valence-electron chi connectivity index (χ0n) is 6.42. The molecule has 0 aromatic carbocycles. The fourth-order valence-electron chi connectivity index (χ4n) is 0.654. The highest BCUT2D eigenvalue weighted by Crippen LogP contribution is 1.98. The minimum absolute atomic E-state index is 0.165. The fraction of sp³-hybridized carbons (Fsp3) is 0.833. The Balaban J connectivity index is 3.74. The van der Waals surface area contributed by atoms with Crippen LogP contribution in [-0.4, -0.2) is 58.3 Å². The maximum atomic E-state index is 9.76. The first-order chi connectivity index (χ1) is 5.63. The first-order valence-electron chi connectivity index (χ1n) is 3.45. The van der Waals surface area contributed by atoms with E-state index in [1.807, 2.05) is 0 Å². The SMILES string of the molecule is O=CNC[C@H](O)[C@H](O)[C@@H](O)CO. The van der Waals surface area contributed by atoms with Crippen molar-refractivity contribution in [2.45, 2.75) is 18.3 Å². The summed E-state index contributed by atoms with van der Waals surface area (Å²) in [5.41, 5.74) is 0. The summed E-state index contributed by atoms with van der Waals surface area (Å²) in [6.07, 6.45) is -3.77. The minimum Gasteiger partial charge on any atom is -0.394 e. The van der Waals surface area contributed by atoms with Gasteiger partial charge in [0.05, 0.1) is 12.7 Å². The van der Waals surface area contributed by atoms with Gasteiger partial charge in [-0.15, -0.1) is 0 Å². The van der Waals surface area contributed by atoms with Crippen LogP contribution in [0.15, 0.2) is 0 Å².